The van der Waals surface area contributed by atoms with E-state index in [2.05, 4.69) is 50.1 Å². The Labute approximate surface area is 146 Å². The van der Waals surface area contributed by atoms with Gasteiger partial charge in [0.05, 0.1) is 0 Å². The van der Waals surface area contributed by atoms with Crippen LogP contribution in [0.25, 0.3) is 0 Å². The van der Waals surface area contributed by atoms with Gasteiger partial charge in [-0.25, -0.2) is 9.79 Å². The Kier molecular flexibility index (Phi) is 11.4. The van der Waals surface area contributed by atoms with Crippen molar-refractivity contribution < 1.29 is 9.90 Å². The standard InChI is InChI=1S/C14H24N4O2.C4H10/c1-5-6-15-13(12(4)19)16-17-14(20)18-8-10(2)7-11(3)9-18;1-3-4-2/h5-6,10-11,16,19H,1,7-9H2,2-4H3,(H,17,20);3-4H2,1-2H3/b13-12-,15-6-;. The molecule has 1 aliphatic rings. The molecule has 3 N–H and O–H groups in total. The van der Waals surface area contributed by atoms with E-state index in [0.717, 1.165) is 19.5 Å². The van der Waals surface area contributed by atoms with Gasteiger partial charge >= 0.3 is 6.03 Å². The van der Waals surface area contributed by atoms with Crippen molar-refractivity contribution in [1.82, 2.24) is 15.8 Å². The molecule has 0 aliphatic carbocycles. The molecule has 1 fully saturated rings. The molecule has 0 radical (unpaired) electrons. The number of carbonyl (C=O) groups is 1. The van der Waals surface area contributed by atoms with E-state index in [4.69, 9.17) is 0 Å². The molecule has 0 spiro atoms. The monoisotopic (exact) mass is 338 g/mol. The number of urea groups is 1. The Morgan fingerprint density at radius 1 is 1.25 bits per heavy atom. The number of carbonyl (C=O) groups excluding carboxylic acids is 1. The Morgan fingerprint density at radius 3 is 2.21 bits per heavy atom. The lowest BCUT2D eigenvalue weighted by Gasteiger charge is -2.34. The lowest BCUT2D eigenvalue weighted by Crippen LogP contribution is -2.51. The molecule has 6 heteroatoms. The van der Waals surface area contributed by atoms with Gasteiger partial charge < -0.3 is 10.0 Å². The van der Waals surface area contributed by atoms with E-state index in [1.807, 2.05) is 0 Å². The van der Waals surface area contributed by atoms with Crippen molar-refractivity contribution in [2.45, 2.75) is 53.9 Å². The molecule has 0 bridgehead atoms. The maximum absolute atomic E-state index is 12.1. The van der Waals surface area contributed by atoms with Gasteiger partial charge in [0.2, 0.25) is 0 Å². The van der Waals surface area contributed by atoms with E-state index in [0.29, 0.717) is 11.8 Å². The van der Waals surface area contributed by atoms with Gasteiger partial charge in [0.15, 0.2) is 5.82 Å². The maximum atomic E-state index is 12.1. The number of nitrogens with one attached hydrogen (secondary N) is 2. The highest BCUT2D eigenvalue weighted by Crippen LogP contribution is 2.20. The number of hydrogen-bond acceptors (Lipinski definition) is 4. The largest absolute Gasteiger partial charge is 0.509 e. The molecule has 0 aromatic heterocycles. The minimum absolute atomic E-state index is 0.0104. The molecule has 0 saturated carbocycles. The summed E-state index contributed by atoms with van der Waals surface area (Å²) in [5.41, 5.74) is 5.18. The molecule has 0 aromatic rings. The number of allylic oxidation sites excluding steroid dienone is 2. The van der Waals surface area contributed by atoms with Gasteiger partial charge in [-0.15, -0.1) is 0 Å². The number of nitrogens with zero attached hydrogens (tertiary/aromatic N) is 2. The van der Waals surface area contributed by atoms with Crippen LogP contribution in [0.15, 0.2) is 29.2 Å². The first-order valence-electron chi connectivity index (χ1n) is 8.71. The number of unbranched alkanes of at least 4 members (excludes halogenated alkanes) is 1. The second-order valence-corrected chi connectivity index (χ2v) is 6.35. The SMILES string of the molecule is C=C/C=N\C(NNC(=O)N1CC(C)CC(C)C1)=C(/C)O.CCCC. The van der Waals surface area contributed by atoms with E-state index < -0.39 is 0 Å². The Bertz CT molecular complexity index is 430. The Morgan fingerprint density at radius 2 is 1.79 bits per heavy atom. The third-order valence-electron chi connectivity index (χ3n) is 3.60. The second kappa shape index (κ2) is 12.4. The summed E-state index contributed by atoms with van der Waals surface area (Å²) >= 11 is 0. The number of likely N-dealkylation sites (tertiary alicyclic amines) is 1. The molecule has 6 nitrogen and oxygen atoms in total. The lowest BCUT2D eigenvalue weighted by molar-refractivity contribution is 0.143. The maximum Gasteiger partial charge on any atom is 0.336 e. The van der Waals surface area contributed by atoms with Crippen molar-refractivity contribution in [3.8, 4) is 0 Å². The molecular weight excluding hydrogens is 304 g/mol. The summed E-state index contributed by atoms with van der Waals surface area (Å²) in [7, 11) is 0. The number of amides is 2. The zero-order valence-corrected chi connectivity index (χ0v) is 15.8. The zero-order valence-electron chi connectivity index (χ0n) is 15.8. The van der Waals surface area contributed by atoms with Crippen LogP contribution in [-0.2, 0) is 0 Å². The molecule has 2 amide bonds. The molecule has 24 heavy (non-hydrogen) atoms. The van der Waals surface area contributed by atoms with Crippen LogP contribution in [-0.4, -0.2) is 35.3 Å². The summed E-state index contributed by atoms with van der Waals surface area (Å²) in [5.74, 6) is 1.18. The van der Waals surface area contributed by atoms with Crippen LogP contribution in [0.2, 0.25) is 0 Å². The molecule has 2 unspecified atom stereocenters. The summed E-state index contributed by atoms with van der Waals surface area (Å²) in [5, 5.41) is 9.45. The van der Waals surface area contributed by atoms with Crippen LogP contribution in [0.5, 0.6) is 0 Å². The van der Waals surface area contributed by atoms with Crippen LogP contribution >= 0.6 is 0 Å². The quantitative estimate of drug-likeness (QED) is 0.403. The lowest BCUT2D eigenvalue weighted by atomic mass is 9.92. The van der Waals surface area contributed by atoms with Crippen molar-refractivity contribution in [1.29, 1.82) is 0 Å². The summed E-state index contributed by atoms with van der Waals surface area (Å²) in [6.45, 7) is 15.1. The molecule has 1 rings (SSSR count). The average Bonchev–Trinajstić information content (AvgIpc) is 2.53. The van der Waals surface area contributed by atoms with Gasteiger partial charge in [0.1, 0.15) is 5.76 Å². The molecule has 138 valence electrons. The van der Waals surface area contributed by atoms with E-state index in [-0.39, 0.29) is 17.6 Å². The number of aliphatic imine (C=N–C) groups is 1. The minimum atomic E-state index is -0.212. The normalized spacial score (nSPS) is 21.5. The fourth-order valence-electron chi connectivity index (χ4n) is 2.36. The van der Waals surface area contributed by atoms with Crippen LogP contribution in [0.1, 0.15) is 53.9 Å². The minimum Gasteiger partial charge on any atom is -0.509 e. The van der Waals surface area contributed by atoms with Gasteiger partial charge in [-0.1, -0.05) is 53.2 Å². The predicted molar refractivity (Wildman–Crippen MR) is 101 cm³/mol. The summed E-state index contributed by atoms with van der Waals surface area (Å²) < 4.78 is 0. The molecule has 0 aromatic carbocycles. The third kappa shape index (κ3) is 9.22. The van der Waals surface area contributed by atoms with Gasteiger partial charge in [-0.2, -0.15) is 0 Å². The molecular formula is C18H34N4O2. The first kappa shape index (κ1) is 22.0. The molecule has 2 atom stereocenters. The molecule has 1 saturated heterocycles. The smallest absolute Gasteiger partial charge is 0.336 e. The number of rotatable bonds is 5. The first-order valence-corrected chi connectivity index (χ1v) is 8.71. The fraction of sp³-hybridized carbons (Fsp3) is 0.667. The van der Waals surface area contributed by atoms with Crippen molar-refractivity contribution >= 4 is 12.2 Å². The Balaban J connectivity index is 0.00000118. The number of hydrogen-bond donors (Lipinski definition) is 3. The van der Waals surface area contributed by atoms with Crippen molar-refractivity contribution in [2.75, 3.05) is 13.1 Å². The van der Waals surface area contributed by atoms with E-state index in [1.54, 1.807) is 4.90 Å². The van der Waals surface area contributed by atoms with E-state index in [1.165, 1.54) is 32.1 Å². The summed E-state index contributed by atoms with van der Waals surface area (Å²) in [6, 6.07) is -0.212. The predicted octanol–water partition coefficient (Wildman–Crippen LogP) is 3.99. The topological polar surface area (TPSA) is 77.0 Å². The second-order valence-electron chi connectivity index (χ2n) is 6.35. The first-order chi connectivity index (χ1) is 11.3. The fourth-order valence-corrected chi connectivity index (χ4v) is 2.36. The van der Waals surface area contributed by atoms with E-state index in [9.17, 15) is 9.90 Å². The van der Waals surface area contributed by atoms with Gasteiger partial charge in [0, 0.05) is 19.3 Å². The van der Waals surface area contributed by atoms with Gasteiger partial charge in [-0.05, 0) is 25.2 Å². The number of aliphatic hydroxyl groups is 1. The van der Waals surface area contributed by atoms with Crippen LogP contribution in [0, 0.1) is 11.8 Å². The van der Waals surface area contributed by atoms with Crippen LogP contribution < -0.4 is 10.9 Å². The van der Waals surface area contributed by atoms with Gasteiger partial charge in [-0.3, -0.25) is 10.9 Å². The van der Waals surface area contributed by atoms with Crippen molar-refractivity contribution in [3.63, 3.8) is 0 Å². The molecule has 1 heterocycles. The summed E-state index contributed by atoms with van der Waals surface area (Å²) in [6.07, 6.45) is 6.70. The van der Waals surface area contributed by atoms with Crippen LogP contribution in [0.4, 0.5) is 4.79 Å². The number of aliphatic hydroxyl groups excluding tert-OH is 1. The third-order valence-corrected chi connectivity index (χ3v) is 3.60. The average molecular weight is 338 g/mol. The Hall–Kier alpha value is -1.98. The molecule has 1 aliphatic heterocycles. The highest BCUT2D eigenvalue weighted by atomic mass is 16.3. The van der Waals surface area contributed by atoms with Crippen molar-refractivity contribution in [3.05, 3.63) is 24.2 Å². The zero-order chi connectivity index (χ0) is 18.5. The number of hydrazine groups is 1. The highest BCUT2D eigenvalue weighted by Gasteiger charge is 2.25. The summed E-state index contributed by atoms with van der Waals surface area (Å²) in [4.78, 5) is 17.8. The van der Waals surface area contributed by atoms with E-state index >= 15 is 0 Å². The van der Waals surface area contributed by atoms with Gasteiger partial charge in [0.25, 0.3) is 0 Å². The van der Waals surface area contributed by atoms with Crippen LogP contribution in [0.3, 0.4) is 0 Å². The highest BCUT2D eigenvalue weighted by molar-refractivity contribution is 5.74. The van der Waals surface area contributed by atoms with Crippen molar-refractivity contribution in [2.24, 2.45) is 16.8 Å². The number of piperidine rings is 1.